The summed E-state index contributed by atoms with van der Waals surface area (Å²) >= 11 is 0. The lowest BCUT2D eigenvalue weighted by atomic mass is 9.55. The van der Waals surface area contributed by atoms with Gasteiger partial charge in [0.05, 0.1) is 13.2 Å². The van der Waals surface area contributed by atoms with Gasteiger partial charge in [-0.05, 0) is 141 Å². The molecule has 0 amide bonds. The maximum atomic E-state index is 13.0. The molecule has 0 aliphatic heterocycles. The maximum Gasteiger partial charge on any atom is 0.311 e. The third-order valence-electron chi connectivity index (χ3n) is 11.1. The van der Waals surface area contributed by atoms with Crippen LogP contribution in [-0.4, -0.2) is 31.3 Å². The minimum Gasteiger partial charge on any atom is -0.494 e. The van der Waals surface area contributed by atoms with Crippen LogP contribution in [0.4, 0.5) is 0 Å². The molecule has 2 fully saturated rings. The van der Waals surface area contributed by atoms with Gasteiger partial charge in [-0.2, -0.15) is 0 Å². The third-order valence-corrected chi connectivity index (χ3v) is 11.1. The first-order chi connectivity index (χ1) is 23.4. The number of benzene rings is 3. The zero-order valence-corrected chi connectivity index (χ0v) is 29.0. The van der Waals surface area contributed by atoms with E-state index in [1.54, 1.807) is 0 Å². The Morgan fingerprint density at radius 2 is 1.33 bits per heavy atom. The molecule has 6 nitrogen and oxygen atoms in total. The predicted molar refractivity (Wildman–Crippen MR) is 188 cm³/mol. The molecular weight excluding hydrogens is 600 g/mol. The van der Waals surface area contributed by atoms with Gasteiger partial charge in [0.1, 0.15) is 23.4 Å². The van der Waals surface area contributed by atoms with Crippen LogP contribution in [0, 0.1) is 17.3 Å². The first kappa shape index (κ1) is 34.1. The molecule has 0 N–H and O–H groups in total. The number of aryl methyl sites for hydroxylation is 3. The van der Waals surface area contributed by atoms with Crippen LogP contribution in [0.15, 0.2) is 66.7 Å². The van der Waals surface area contributed by atoms with Crippen molar-refractivity contribution in [2.75, 3.05) is 13.2 Å². The van der Waals surface area contributed by atoms with E-state index in [2.05, 4.69) is 32.9 Å². The van der Waals surface area contributed by atoms with Crippen LogP contribution in [0.2, 0.25) is 0 Å². The normalized spacial score (nSPS) is 24.1. The van der Waals surface area contributed by atoms with Crippen LogP contribution in [0.1, 0.15) is 107 Å². The third kappa shape index (κ3) is 7.90. The van der Waals surface area contributed by atoms with Gasteiger partial charge in [0.25, 0.3) is 0 Å². The van der Waals surface area contributed by atoms with Gasteiger partial charge in [-0.25, -0.2) is 0 Å². The van der Waals surface area contributed by atoms with Gasteiger partial charge in [0.15, 0.2) is 0 Å². The second-order valence-corrected chi connectivity index (χ2v) is 14.3. The number of carbonyl (C=O) groups is 2. The van der Waals surface area contributed by atoms with Crippen LogP contribution in [0.3, 0.4) is 0 Å². The van der Waals surface area contributed by atoms with Gasteiger partial charge >= 0.3 is 11.9 Å². The quantitative estimate of drug-likeness (QED) is 0.128. The molecule has 0 aromatic heterocycles. The molecule has 3 aromatic carbocycles. The molecule has 3 aliphatic rings. The van der Waals surface area contributed by atoms with Crippen molar-refractivity contribution in [2.24, 2.45) is 17.3 Å². The minimum atomic E-state index is -0.204. The second kappa shape index (κ2) is 15.6. The Hall–Kier alpha value is -3.80. The topological polar surface area (TPSA) is 71.1 Å². The highest BCUT2D eigenvalue weighted by Crippen LogP contribution is 2.61. The fourth-order valence-electron chi connectivity index (χ4n) is 8.61. The lowest BCUT2D eigenvalue weighted by Gasteiger charge is -2.50. The Bertz CT molecular complexity index is 1530. The Labute approximate surface area is 286 Å². The predicted octanol–water partition coefficient (Wildman–Crippen LogP) is 9.20. The summed E-state index contributed by atoms with van der Waals surface area (Å²) in [6.45, 7) is 7.98. The molecule has 0 heterocycles. The van der Waals surface area contributed by atoms with Crippen molar-refractivity contribution in [2.45, 2.75) is 110 Å². The highest BCUT2D eigenvalue weighted by atomic mass is 16.5. The van der Waals surface area contributed by atoms with Gasteiger partial charge < -0.3 is 18.9 Å². The van der Waals surface area contributed by atoms with Crippen LogP contribution in [-0.2, 0) is 33.6 Å². The molecule has 48 heavy (non-hydrogen) atoms. The molecule has 6 heteroatoms. The summed E-state index contributed by atoms with van der Waals surface area (Å²) in [7, 11) is 0. The van der Waals surface area contributed by atoms with E-state index in [0.29, 0.717) is 62.4 Å². The van der Waals surface area contributed by atoms with E-state index in [1.165, 1.54) is 11.1 Å². The van der Waals surface area contributed by atoms with Crippen LogP contribution in [0.5, 0.6) is 17.2 Å². The lowest BCUT2D eigenvalue weighted by molar-refractivity contribution is -0.157. The van der Waals surface area contributed by atoms with Gasteiger partial charge in [-0.1, -0.05) is 51.1 Å². The van der Waals surface area contributed by atoms with E-state index in [0.717, 1.165) is 74.0 Å². The standard InChI is InChI=1S/C42H52O6/c1-4-26-45-32-13-6-29(7-14-32)10-22-40(43)47-34-17-19-35-31(28-34)12-18-37-36(35)24-25-42(3)38(37)20-21-39(42)48-41(44)23-11-30-8-15-33(16-9-30)46-27-5-2/h6-9,13-17,19,28,36-39H,4-5,10-12,18,20-27H2,1-3H3/t36-,37-,38+,39+,42+/m1/s1. The number of hydrogen-bond donors (Lipinski definition) is 0. The summed E-state index contributed by atoms with van der Waals surface area (Å²) in [5, 5.41) is 0. The highest BCUT2D eigenvalue weighted by Gasteiger charge is 2.56. The summed E-state index contributed by atoms with van der Waals surface area (Å²) in [5.41, 5.74) is 5.00. The number of esters is 2. The Balaban J connectivity index is 0.994. The maximum absolute atomic E-state index is 13.0. The molecule has 0 spiro atoms. The molecule has 2 saturated carbocycles. The molecule has 3 aromatic rings. The van der Waals surface area contributed by atoms with Crippen molar-refractivity contribution in [3.63, 3.8) is 0 Å². The molecule has 256 valence electrons. The number of fused-ring (bicyclic) bond motifs is 5. The number of carbonyl (C=O) groups excluding carboxylic acids is 2. The van der Waals surface area contributed by atoms with Crippen molar-refractivity contribution in [1.82, 2.24) is 0 Å². The summed E-state index contributed by atoms with van der Waals surface area (Å²) < 4.78 is 23.4. The average molecular weight is 653 g/mol. The van der Waals surface area contributed by atoms with Crippen LogP contribution < -0.4 is 14.2 Å². The van der Waals surface area contributed by atoms with Gasteiger partial charge in [0.2, 0.25) is 0 Å². The van der Waals surface area contributed by atoms with E-state index < -0.39 is 0 Å². The van der Waals surface area contributed by atoms with Crippen molar-refractivity contribution in [1.29, 1.82) is 0 Å². The molecule has 0 saturated heterocycles. The largest absolute Gasteiger partial charge is 0.494 e. The Morgan fingerprint density at radius 3 is 1.96 bits per heavy atom. The van der Waals surface area contributed by atoms with Crippen molar-refractivity contribution < 1.29 is 28.5 Å². The van der Waals surface area contributed by atoms with E-state index in [-0.39, 0.29) is 23.5 Å². The molecule has 0 unspecified atom stereocenters. The smallest absolute Gasteiger partial charge is 0.311 e. The van der Waals surface area contributed by atoms with Crippen molar-refractivity contribution in [3.8, 4) is 17.2 Å². The fourth-order valence-corrected chi connectivity index (χ4v) is 8.61. The fraction of sp³-hybridized carbons (Fsp3) is 0.524. The highest BCUT2D eigenvalue weighted by molar-refractivity contribution is 5.73. The summed E-state index contributed by atoms with van der Waals surface area (Å²) in [4.78, 5) is 25.7. The summed E-state index contributed by atoms with van der Waals surface area (Å²) in [5.74, 6) is 3.77. The van der Waals surface area contributed by atoms with E-state index in [1.807, 2.05) is 54.6 Å². The van der Waals surface area contributed by atoms with E-state index in [9.17, 15) is 9.59 Å². The number of ether oxygens (including phenoxy) is 4. The van der Waals surface area contributed by atoms with Gasteiger partial charge in [-0.15, -0.1) is 0 Å². The lowest BCUT2D eigenvalue weighted by Crippen LogP contribution is -2.45. The monoisotopic (exact) mass is 652 g/mol. The average Bonchev–Trinajstić information content (AvgIpc) is 3.44. The SMILES string of the molecule is CCCOc1ccc(CCC(=O)Oc2ccc3c(c2)CC[C@@H]2[C@@H]3CC[C@]3(C)[C@@H](OC(=O)CCc4ccc(OCCC)cc4)CC[C@@H]23)cc1. The van der Waals surface area contributed by atoms with Crippen molar-refractivity contribution in [3.05, 3.63) is 89.0 Å². The molecule has 0 bridgehead atoms. The van der Waals surface area contributed by atoms with Crippen molar-refractivity contribution >= 4 is 11.9 Å². The molecule has 6 rings (SSSR count). The van der Waals surface area contributed by atoms with Crippen LogP contribution >= 0.6 is 0 Å². The van der Waals surface area contributed by atoms with E-state index in [4.69, 9.17) is 18.9 Å². The summed E-state index contributed by atoms with van der Waals surface area (Å²) in [6.07, 6.45) is 10.4. The molecule has 0 radical (unpaired) electrons. The minimum absolute atomic E-state index is 0.00344. The summed E-state index contributed by atoms with van der Waals surface area (Å²) in [6, 6.07) is 22.3. The second-order valence-electron chi connectivity index (χ2n) is 14.3. The number of hydrogen-bond acceptors (Lipinski definition) is 6. The van der Waals surface area contributed by atoms with E-state index >= 15 is 0 Å². The first-order valence-electron chi connectivity index (χ1n) is 18.3. The Morgan fingerprint density at radius 1 is 0.729 bits per heavy atom. The molecule has 5 atom stereocenters. The Kier molecular flexibility index (Phi) is 11.1. The zero-order valence-electron chi connectivity index (χ0n) is 29.0. The molecule has 3 aliphatic carbocycles. The first-order valence-corrected chi connectivity index (χ1v) is 18.3. The molecular formula is C42H52O6. The van der Waals surface area contributed by atoms with Gasteiger partial charge in [0, 0.05) is 18.3 Å². The van der Waals surface area contributed by atoms with Gasteiger partial charge in [-0.3, -0.25) is 9.59 Å². The van der Waals surface area contributed by atoms with Crippen LogP contribution in [0.25, 0.3) is 0 Å². The zero-order chi connectivity index (χ0) is 33.5. The number of rotatable bonds is 14.